The molecule has 0 saturated heterocycles. The minimum Gasteiger partial charge on any atom is -0.497 e. The molecule has 0 bridgehead atoms. The van der Waals surface area contributed by atoms with Gasteiger partial charge in [0.05, 0.1) is 12.8 Å². The fraction of sp³-hybridized carbons (Fsp3) is 0.107. The molecule has 8 heteroatoms. The first kappa shape index (κ1) is 24.5. The van der Waals surface area contributed by atoms with Crippen LogP contribution in [-0.2, 0) is 4.79 Å². The zero-order valence-corrected chi connectivity index (χ0v) is 20.3. The van der Waals surface area contributed by atoms with E-state index in [1.54, 1.807) is 31.4 Å². The van der Waals surface area contributed by atoms with Crippen molar-refractivity contribution in [2.45, 2.75) is 0 Å². The molecule has 1 heterocycles. The molecular formula is C28H23N3O4S. The fourth-order valence-electron chi connectivity index (χ4n) is 3.24. The lowest BCUT2D eigenvalue weighted by Crippen LogP contribution is -2.13. The molecule has 0 spiro atoms. The van der Waals surface area contributed by atoms with Crippen LogP contribution in [0.3, 0.4) is 0 Å². The number of ether oxygens (including phenoxy) is 3. The maximum Gasteiger partial charge on any atom is 0.268 e. The first-order valence-electron chi connectivity index (χ1n) is 11.1. The van der Waals surface area contributed by atoms with Crippen LogP contribution in [0.2, 0.25) is 0 Å². The van der Waals surface area contributed by atoms with E-state index in [1.165, 1.54) is 17.4 Å². The summed E-state index contributed by atoms with van der Waals surface area (Å²) >= 11 is 1.30. The predicted octanol–water partition coefficient (Wildman–Crippen LogP) is 5.82. The molecule has 0 unspecified atom stereocenters. The van der Waals surface area contributed by atoms with Gasteiger partial charge in [0.2, 0.25) is 0 Å². The summed E-state index contributed by atoms with van der Waals surface area (Å²) in [7, 11) is 1.61. The van der Waals surface area contributed by atoms with Crippen molar-refractivity contribution in [3.05, 3.63) is 95.4 Å². The highest BCUT2D eigenvalue weighted by Crippen LogP contribution is 2.25. The van der Waals surface area contributed by atoms with Gasteiger partial charge in [-0.1, -0.05) is 42.5 Å². The first-order chi connectivity index (χ1) is 17.6. The van der Waals surface area contributed by atoms with Gasteiger partial charge in [-0.2, -0.15) is 5.26 Å². The van der Waals surface area contributed by atoms with Crippen molar-refractivity contribution in [2.75, 3.05) is 25.6 Å². The lowest BCUT2D eigenvalue weighted by atomic mass is 10.1. The third-order valence-electron chi connectivity index (χ3n) is 5.01. The van der Waals surface area contributed by atoms with Gasteiger partial charge in [0.1, 0.15) is 42.1 Å². The van der Waals surface area contributed by atoms with Crippen molar-refractivity contribution in [2.24, 2.45) is 0 Å². The van der Waals surface area contributed by atoms with Gasteiger partial charge in [0, 0.05) is 10.9 Å². The van der Waals surface area contributed by atoms with Crippen LogP contribution >= 0.6 is 11.3 Å². The van der Waals surface area contributed by atoms with E-state index < -0.39 is 5.91 Å². The summed E-state index contributed by atoms with van der Waals surface area (Å²) in [6.07, 6.45) is 1.52. The van der Waals surface area contributed by atoms with Crippen molar-refractivity contribution >= 4 is 28.5 Å². The highest BCUT2D eigenvalue weighted by atomic mass is 32.1. The van der Waals surface area contributed by atoms with E-state index in [2.05, 4.69) is 10.3 Å². The normalized spacial score (nSPS) is 10.8. The second-order valence-corrected chi connectivity index (χ2v) is 8.33. The van der Waals surface area contributed by atoms with E-state index >= 15 is 0 Å². The predicted molar refractivity (Wildman–Crippen MR) is 140 cm³/mol. The monoisotopic (exact) mass is 497 g/mol. The standard InChI is InChI=1S/C28H23N3O4S/c1-33-23-10-12-24(13-11-23)34-14-15-35-25-9-5-6-20(17-25)16-22(18-29)27(32)31-28-30-26(19-36-28)21-7-3-2-4-8-21/h2-13,16-17,19H,14-15H2,1H3,(H,30,31,32)/b22-16-. The van der Waals surface area contributed by atoms with E-state index in [9.17, 15) is 10.1 Å². The number of nitrogens with zero attached hydrogens (tertiary/aromatic N) is 2. The molecule has 0 fully saturated rings. The van der Waals surface area contributed by atoms with Gasteiger partial charge in [-0.05, 0) is 48.0 Å². The zero-order chi connectivity index (χ0) is 25.2. The number of carbonyl (C=O) groups excluding carboxylic acids is 1. The molecule has 1 N–H and O–H groups in total. The van der Waals surface area contributed by atoms with E-state index in [4.69, 9.17) is 14.2 Å². The smallest absolute Gasteiger partial charge is 0.268 e. The third kappa shape index (κ3) is 6.72. The third-order valence-corrected chi connectivity index (χ3v) is 5.77. The van der Waals surface area contributed by atoms with Crippen LogP contribution in [0, 0.1) is 11.3 Å². The van der Waals surface area contributed by atoms with E-state index in [-0.39, 0.29) is 5.57 Å². The number of hydrogen-bond donors (Lipinski definition) is 1. The Labute approximate surface area is 213 Å². The number of nitrogens with one attached hydrogen (secondary N) is 1. The second kappa shape index (κ2) is 12.2. The summed E-state index contributed by atoms with van der Waals surface area (Å²) in [5.74, 6) is 1.56. The molecule has 0 aliphatic heterocycles. The van der Waals surface area contributed by atoms with Gasteiger partial charge in [-0.25, -0.2) is 4.98 Å². The minimum atomic E-state index is -0.523. The number of methoxy groups -OCH3 is 1. The molecule has 0 aliphatic carbocycles. The van der Waals surface area contributed by atoms with Gasteiger partial charge >= 0.3 is 0 Å². The lowest BCUT2D eigenvalue weighted by molar-refractivity contribution is -0.112. The molecule has 0 atom stereocenters. The molecule has 0 saturated carbocycles. The SMILES string of the molecule is COc1ccc(OCCOc2cccc(/C=C(/C#N)C(=O)Nc3nc(-c4ccccc4)cs3)c2)cc1. The van der Waals surface area contributed by atoms with Crippen LogP contribution in [-0.4, -0.2) is 31.2 Å². The molecule has 3 aromatic carbocycles. The van der Waals surface area contributed by atoms with E-state index in [0.29, 0.717) is 29.7 Å². The minimum absolute atomic E-state index is 0.0357. The Morgan fingerprint density at radius 2 is 1.69 bits per heavy atom. The first-order valence-corrected chi connectivity index (χ1v) is 12.0. The Morgan fingerprint density at radius 3 is 2.42 bits per heavy atom. The molecule has 1 amide bonds. The van der Waals surface area contributed by atoms with Crippen molar-refractivity contribution in [1.29, 1.82) is 5.26 Å². The number of carbonyl (C=O) groups is 1. The molecule has 36 heavy (non-hydrogen) atoms. The Morgan fingerprint density at radius 1 is 0.972 bits per heavy atom. The van der Waals surface area contributed by atoms with Crippen molar-refractivity contribution < 1.29 is 19.0 Å². The van der Waals surface area contributed by atoms with Gasteiger partial charge in [0.25, 0.3) is 5.91 Å². The summed E-state index contributed by atoms with van der Waals surface area (Å²) in [6.45, 7) is 0.690. The summed E-state index contributed by atoms with van der Waals surface area (Å²) in [6, 6.07) is 26.1. The Balaban J connectivity index is 1.33. The molecule has 1 aromatic heterocycles. The highest BCUT2D eigenvalue weighted by Gasteiger charge is 2.13. The number of hydrogen-bond acceptors (Lipinski definition) is 7. The number of amides is 1. The number of thiazole rings is 1. The molecule has 0 radical (unpaired) electrons. The second-order valence-electron chi connectivity index (χ2n) is 7.47. The van der Waals surface area contributed by atoms with Gasteiger partial charge < -0.3 is 14.2 Å². The average molecular weight is 498 g/mol. The van der Waals surface area contributed by atoms with Gasteiger partial charge in [-0.3, -0.25) is 10.1 Å². The van der Waals surface area contributed by atoms with Gasteiger partial charge in [-0.15, -0.1) is 11.3 Å². The number of anilines is 1. The quantitative estimate of drug-likeness (QED) is 0.169. The summed E-state index contributed by atoms with van der Waals surface area (Å²) in [5, 5.41) is 14.5. The zero-order valence-electron chi connectivity index (χ0n) is 19.5. The summed E-state index contributed by atoms with van der Waals surface area (Å²) in [5.41, 5.74) is 2.35. The maximum atomic E-state index is 12.7. The Hall–Kier alpha value is -4.61. The van der Waals surface area contributed by atoms with Crippen molar-refractivity contribution in [1.82, 2.24) is 4.98 Å². The van der Waals surface area contributed by atoms with Crippen molar-refractivity contribution in [3.8, 4) is 34.6 Å². The van der Waals surface area contributed by atoms with Crippen LogP contribution in [0.4, 0.5) is 5.13 Å². The molecule has 4 aromatic rings. The summed E-state index contributed by atoms with van der Waals surface area (Å²) in [4.78, 5) is 17.1. The van der Waals surface area contributed by atoms with Crippen molar-refractivity contribution in [3.63, 3.8) is 0 Å². The van der Waals surface area contributed by atoms with Gasteiger partial charge in [0.15, 0.2) is 5.13 Å². The van der Waals surface area contributed by atoms with Crippen LogP contribution in [0.25, 0.3) is 17.3 Å². The lowest BCUT2D eigenvalue weighted by Gasteiger charge is -2.09. The number of benzene rings is 3. The molecule has 7 nitrogen and oxygen atoms in total. The van der Waals surface area contributed by atoms with Crippen LogP contribution in [0.15, 0.2) is 89.8 Å². The van der Waals surface area contributed by atoms with Crippen LogP contribution in [0.1, 0.15) is 5.56 Å². The Bertz CT molecular complexity index is 1380. The topological polar surface area (TPSA) is 93.5 Å². The molecular weight excluding hydrogens is 474 g/mol. The number of rotatable bonds is 10. The number of aromatic nitrogens is 1. The Kier molecular flexibility index (Phi) is 8.31. The maximum absolute atomic E-state index is 12.7. The van der Waals surface area contributed by atoms with Crippen LogP contribution < -0.4 is 19.5 Å². The highest BCUT2D eigenvalue weighted by molar-refractivity contribution is 7.14. The average Bonchev–Trinajstić information content (AvgIpc) is 3.39. The van der Waals surface area contributed by atoms with E-state index in [0.717, 1.165) is 22.8 Å². The number of nitriles is 1. The summed E-state index contributed by atoms with van der Waals surface area (Å²) < 4.78 is 16.6. The molecule has 0 aliphatic rings. The molecule has 180 valence electrons. The fourth-order valence-corrected chi connectivity index (χ4v) is 3.95. The van der Waals surface area contributed by atoms with E-state index in [1.807, 2.05) is 66.0 Å². The molecule has 4 rings (SSSR count). The van der Waals surface area contributed by atoms with Crippen LogP contribution in [0.5, 0.6) is 17.2 Å². The largest absolute Gasteiger partial charge is 0.497 e.